The SMILES string of the molecule is Cc1cccc2[c]c3ccccc3cc12. The molecule has 0 N–H and O–H groups in total. The van der Waals surface area contributed by atoms with Crippen molar-refractivity contribution in [3.63, 3.8) is 0 Å². The lowest BCUT2D eigenvalue weighted by molar-refractivity contribution is 1.54. The summed E-state index contributed by atoms with van der Waals surface area (Å²) < 4.78 is 0. The average Bonchev–Trinajstić information content (AvgIpc) is 2.27. The Morgan fingerprint density at radius 2 is 1.67 bits per heavy atom. The maximum absolute atomic E-state index is 3.45. The van der Waals surface area contributed by atoms with Crippen LogP contribution in [0, 0.1) is 13.0 Å². The smallest absolute Gasteiger partial charge is 0.00142 e. The molecule has 0 fully saturated rings. The molecule has 0 aliphatic carbocycles. The van der Waals surface area contributed by atoms with E-state index in [9.17, 15) is 0 Å². The Labute approximate surface area is 89.2 Å². The zero-order chi connectivity index (χ0) is 10.3. The van der Waals surface area contributed by atoms with Gasteiger partial charge in [-0.2, -0.15) is 0 Å². The van der Waals surface area contributed by atoms with Gasteiger partial charge in [-0.3, -0.25) is 0 Å². The van der Waals surface area contributed by atoms with Crippen LogP contribution in [0.5, 0.6) is 0 Å². The first-order valence-electron chi connectivity index (χ1n) is 5.15. The van der Waals surface area contributed by atoms with E-state index in [4.69, 9.17) is 0 Å². The predicted molar refractivity (Wildman–Crippen MR) is 65.0 cm³/mol. The first-order valence-corrected chi connectivity index (χ1v) is 5.15. The minimum absolute atomic E-state index is 1.19. The summed E-state index contributed by atoms with van der Waals surface area (Å²) >= 11 is 0. The van der Waals surface area contributed by atoms with Crippen LogP contribution in [0.2, 0.25) is 0 Å². The second-order valence-corrected chi connectivity index (χ2v) is 3.89. The molecule has 0 heterocycles. The number of rotatable bonds is 0. The lowest BCUT2D eigenvalue weighted by Crippen LogP contribution is -1.79. The summed E-state index contributed by atoms with van der Waals surface area (Å²) in [7, 11) is 0. The highest BCUT2D eigenvalue weighted by Crippen LogP contribution is 2.24. The van der Waals surface area contributed by atoms with Gasteiger partial charge in [-0.25, -0.2) is 0 Å². The van der Waals surface area contributed by atoms with E-state index in [0.717, 1.165) is 0 Å². The summed E-state index contributed by atoms with van der Waals surface area (Å²) in [6.07, 6.45) is 0. The van der Waals surface area contributed by atoms with Crippen LogP contribution in [0.4, 0.5) is 0 Å². The van der Waals surface area contributed by atoms with Crippen molar-refractivity contribution in [1.82, 2.24) is 0 Å². The van der Waals surface area contributed by atoms with Gasteiger partial charge in [-0.1, -0.05) is 42.5 Å². The topological polar surface area (TPSA) is 0 Å². The highest BCUT2D eigenvalue weighted by atomic mass is 14.0. The van der Waals surface area contributed by atoms with Gasteiger partial charge in [-0.15, -0.1) is 0 Å². The number of hydrogen-bond donors (Lipinski definition) is 0. The number of fused-ring (bicyclic) bond motifs is 2. The van der Waals surface area contributed by atoms with Crippen molar-refractivity contribution in [3.05, 3.63) is 60.2 Å². The van der Waals surface area contributed by atoms with Crippen molar-refractivity contribution >= 4 is 21.5 Å². The van der Waals surface area contributed by atoms with Gasteiger partial charge in [-0.05, 0) is 46.2 Å². The summed E-state index contributed by atoms with van der Waals surface area (Å²) in [5.41, 5.74) is 1.31. The van der Waals surface area contributed by atoms with Crippen LogP contribution in [0.1, 0.15) is 5.56 Å². The third-order valence-electron chi connectivity index (χ3n) is 2.85. The van der Waals surface area contributed by atoms with Crippen LogP contribution in [0.25, 0.3) is 21.5 Å². The fraction of sp³-hybridized carbons (Fsp3) is 0.0667. The molecule has 0 saturated heterocycles. The van der Waals surface area contributed by atoms with E-state index < -0.39 is 0 Å². The lowest BCUT2D eigenvalue weighted by atomic mass is 10.0. The van der Waals surface area contributed by atoms with Crippen molar-refractivity contribution in [3.8, 4) is 0 Å². The fourth-order valence-electron chi connectivity index (χ4n) is 2.02. The average molecular weight is 191 g/mol. The monoisotopic (exact) mass is 191 g/mol. The van der Waals surface area contributed by atoms with E-state index in [0.29, 0.717) is 0 Å². The van der Waals surface area contributed by atoms with Crippen molar-refractivity contribution in [2.45, 2.75) is 6.92 Å². The molecule has 0 heteroatoms. The Morgan fingerprint density at radius 3 is 2.60 bits per heavy atom. The summed E-state index contributed by atoms with van der Waals surface area (Å²) in [6, 6.07) is 20.4. The predicted octanol–water partition coefficient (Wildman–Crippen LogP) is 4.10. The molecule has 3 rings (SSSR count). The van der Waals surface area contributed by atoms with Gasteiger partial charge < -0.3 is 0 Å². The Kier molecular flexibility index (Phi) is 1.75. The first kappa shape index (κ1) is 8.49. The molecule has 1 radical (unpaired) electrons. The molecule has 0 saturated carbocycles. The van der Waals surface area contributed by atoms with Gasteiger partial charge in [0.15, 0.2) is 0 Å². The molecule has 0 atom stereocenters. The van der Waals surface area contributed by atoms with E-state index in [1.54, 1.807) is 0 Å². The van der Waals surface area contributed by atoms with Crippen molar-refractivity contribution in [2.75, 3.05) is 0 Å². The lowest BCUT2D eigenvalue weighted by Gasteiger charge is -2.03. The molecule has 0 aliphatic rings. The molecule has 0 bridgehead atoms. The quantitative estimate of drug-likeness (QED) is 0.469. The van der Waals surface area contributed by atoms with Crippen molar-refractivity contribution < 1.29 is 0 Å². The fourth-order valence-corrected chi connectivity index (χ4v) is 2.02. The number of hydrogen-bond acceptors (Lipinski definition) is 0. The van der Waals surface area contributed by atoms with Crippen LogP contribution in [-0.2, 0) is 0 Å². The number of aryl methyl sites for hydroxylation is 1. The molecular weight excluding hydrogens is 180 g/mol. The third kappa shape index (κ3) is 1.30. The van der Waals surface area contributed by atoms with Gasteiger partial charge in [0.1, 0.15) is 0 Å². The zero-order valence-electron chi connectivity index (χ0n) is 8.62. The second-order valence-electron chi connectivity index (χ2n) is 3.89. The maximum atomic E-state index is 3.45. The van der Waals surface area contributed by atoms with Crippen molar-refractivity contribution in [2.24, 2.45) is 0 Å². The normalized spacial score (nSPS) is 11.0. The molecule has 0 aliphatic heterocycles. The minimum atomic E-state index is 1.19. The van der Waals surface area contributed by atoms with Crippen molar-refractivity contribution in [1.29, 1.82) is 0 Å². The second kappa shape index (κ2) is 3.09. The molecule has 3 aromatic rings. The van der Waals surface area contributed by atoms with Gasteiger partial charge in [0.05, 0.1) is 0 Å². The van der Waals surface area contributed by atoms with E-state index in [2.05, 4.69) is 61.5 Å². The molecule has 0 spiro atoms. The van der Waals surface area contributed by atoms with E-state index in [1.807, 2.05) is 0 Å². The first-order chi connectivity index (χ1) is 7.34. The Hall–Kier alpha value is -1.82. The molecule has 0 unspecified atom stereocenters. The Bertz CT molecular complexity index is 636. The molecule has 0 amide bonds. The minimum Gasteiger partial charge on any atom is -0.0616 e. The van der Waals surface area contributed by atoms with E-state index >= 15 is 0 Å². The van der Waals surface area contributed by atoms with Gasteiger partial charge in [0, 0.05) is 0 Å². The summed E-state index contributed by atoms with van der Waals surface area (Å²) in [5.74, 6) is 0. The third-order valence-corrected chi connectivity index (χ3v) is 2.85. The van der Waals surface area contributed by atoms with Crippen LogP contribution >= 0.6 is 0 Å². The Balaban J connectivity index is 2.53. The molecule has 71 valence electrons. The maximum Gasteiger partial charge on any atom is -0.00142 e. The van der Waals surface area contributed by atoms with E-state index in [-0.39, 0.29) is 0 Å². The van der Waals surface area contributed by atoms with Crippen LogP contribution in [0.15, 0.2) is 48.5 Å². The number of benzene rings is 3. The Morgan fingerprint density at radius 1 is 0.867 bits per heavy atom. The van der Waals surface area contributed by atoms with Crippen LogP contribution in [0.3, 0.4) is 0 Å². The van der Waals surface area contributed by atoms with E-state index in [1.165, 1.54) is 27.1 Å². The van der Waals surface area contributed by atoms with Crippen LogP contribution in [-0.4, -0.2) is 0 Å². The van der Waals surface area contributed by atoms with Gasteiger partial charge in [0.25, 0.3) is 0 Å². The van der Waals surface area contributed by atoms with Gasteiger partial charge >= 0.3 is 0 Å². The van der Waals surface area contributed by atoms with Gasteiger partial charge in [0.2, 0.25) is 0 Å². The highest BCUT2D eigenvalue weighted by molar-refractivity contribution is 5.98. The molecule has 0 aromatic heterocycles. The summed E-state index contributed by atoms with van der Waals surface area (Å²) in [4.78, 5) is 0. The molecule has 15 heavy (non-hydrogen) atoms. The largest absolute Gasteiger partial charge is 0.0616 e. The standard InChI is InChI=1S/C15H11/c1-11-5-4-8-14-9-12-6-2-3-7-13(12)10-15(11)14/h2-8,10H,1H3. The summed E-state index contributed by atoms with van der Waals surface area (Å²) in [5, 5.41) is 4.96. The van der Waals surface area contributed by atoms with Crippen LogP contribution < -0.4 is 0 Å². The highest BCUT2D eigenvalue weighted by Gasteiger charge is 1.99. The molecule has 0 nitrogen and oxygen atoms in total. The summed E-state index contributed by atoms with van der Waals surface area (Å²) in [6.45, 7) is 2.14. The zero-order valence-corrected chi connectivity index (χ0v) is 8.62. The molecular formula is C15H11. The molecule has 3 aromatic carbocycles.